The first-order chi connectivity index (χ1) is 6.46. The van der Waals surface area contributed by atoms with Crippen LogP contribution in [0.2, 0.25) is 10.0 Å². The molecule has 1 rings (SSSR count). The first-order valence-corrected chi connectivity index (χ1v) is 5.93. The van der Waals surface area contributed by atoms with Crippen LogP contribution in [0.4, 0.5) is 0 Å². The zero-order valence-electron chi connectivity index (χ0n) is 6.87. The predicted octanol–water partition coefficient (Wildman–Crippen LogP) is 1.80. The lowest BCUT2D eigenvalue weighted by Gasteiger charge is -2.05. The van der Waals surface area contributed by atoms with Crippen molar-refractivity contribution in [2.45, 2.75) is 5.75 Å². The molecule has 0 spiro atoms. The fourth-order valence-electron chi connectivity index (χ4n) is 0.893. The van der Waals surface area contributed by atoms with Gasteiger partial charge in [-0.05, 0) is 12.1 Å². The summed E-state index contributed by atoms with van der Waals surface area (Å²) in [6, 6.07) is 4.65. The molecule has 2 N–H and O–H groups in total. The van der Waals surface area contributed by atoms with Crippen molar-refractivity contribution in [3.8, 4) is 0 Å². The molecular formula is C7H7Cl2NO3S. The van der Waals surface area contributed by atoms with Gasteiger partial charge < -0.3 is 5.21 Å². The van der Waals surface area contributed by atoms with Gasteiger partial charge in [-0.1, -0.05) is 34.2 Å². The maximum absolute atomic E-state index is 11.0. The Morgan fingerprint density at radius 1 is 1.29 bits per heavy atom. The molecule has 4 nitrogen and oxygen atoms in total. The van der Waals surface area contributed by atoms with E-state index in [0.29, 0.717) is 0 Å². The second-order valence-corrected chi connectivity index (χ2v) is 5.07. The molecule has 0 bridgehead atoms. The molecule has 14 heavy (non-hydrogen) atoms. The van der Waals surface area contributed by atoms with Gasteiger partial charge in [0.15, 0.2) is 0 Å². The topological polar surface area (TPSA) is 66.4 Å². The SMILES string of the molecule is O=S(=O)(Cc1c(Cl)cccc1Cl)NO. The van der Waals surface area contributed by atoms with Gasteiger partial charge in [0.1, 0.15) is 0 Å². The molecule has 0 heterocycles. The van der Waals surface area contributed by atoms with Crippen LogP contribution in [0.1, 0.15) is 5.56 Å². The number of nitrogens with one attached hydrogen (secondary N) is 1. The summed E-state index contributed by atoms with van der Waals surface area (Å²) in [5.74, 6) is -0.456. The lowest BCUT2D eigenvalue weighted by atomic mass is 10.2. The summed E-state index contributed by atoms with van der Waals surface area (Å²) in [4.78, 5) is 1.20. The summed E-state index contributed by atoms with van der Waals surface area (Å²) in [6.07, 6.45) is 0. The Morgan fingerprint density at radius 2 is 1.79 bits per heavy atom. The first kappa shape index (κ1) is 11.7. The molecule has 0 radical (unpaired) electrons. The van der Waals surface area contributed by atoms with Crippen LogP contribution in [-0.4, -0.2) is 13.6 Å². The van der Waals surface area contributed by atoms with E-state index in [1.54, 1.807) is 6.07 Å². The largest absolute Gasteiger partial charge is 0.302 e. The molecule has 0 aliphatic heterocycles. The van der Waals surface area contributed by atoms with Gasteiger partial charge in [0.05, 0.1) is 5.75 Å². The summed E-state index contributed by atoms with van der Waals surface area (Å²) >= 11 is 11.5. The van der Waals surface area contributed by atoms with Crippen LogP contribution in [0.15, 0.2) is 18.2 Å². The molecule has 0 aromatic heterocycles. The average Bonchev–Trinajstić information content (AvgIpc) is 2.12. The lowest BCUT2D eigenvalue weighted by molar-refractivity contribution is 0.242. The standard InChI is InChI=1S/C7H7Cl2NO3S/c8-6-2-1-3-7(9)5(6)4-14(12,13)10-11/h1-3,10-11H,4H2. The smallest absolute Gasteiger partial charge is 0.237 e. The number of halogens is 2. The number of sulfonamides is 1. The summed E-state index contributed by atoms with van der Waals surface area (Å²) in [7, 11) is -3.78. The Bertz CT molecular complexity index is 412. The minimum absolute atomic E-state index is 0.247. The fourth-order valence-corrected chi connectivity index (χ4v) is 2.34. The molecule has 1 aromatic carbocycles. The Balaban J connectivity index is 3.09. The molecule has 0 aliphatic rings. The van der Waals surface area contributed by atoms with E-state index in [0.717, 1.165) is 0 Å². The maximum atomic E-state index is 11.0. The van der Waals surface area contributed by atoms with Gasteiger partial charge in [-0.25, -0.2) is 8.42 Å². The van der Waals surface area contributed by atoms with Crippen molar-refractivity contribution in [3.63, 3.8) is 0 Å². The van der Waals surface area contributed by atoms with Crippen molar-refractivity contribution < 1.29 is 13.6 Å². The second kappa shape index (κ2) is 4.46. The number of rotatable bonds is 3. The molecule has 0 saturated carbocycles. The molecule has 0 atom stereocenters. The molecule has 1 aromatic rings. The van der Waals surface area contributed by atoms with E-state index in [-0.39, 0.29) is 15.6 Å². The third kappa shape index (κ3) is 2.83. The highest BCUT2D eigenvalue weighted by atomic mass is 35.5. The molecule has 0 fully saturated rings. The highest BCUT2D eigenvalue weighted by molar-refractivity contribution is 7.88. The van der Waals surface area contributed by atoms with E-state index in [1.807, 2.05) is 0 Å². The van der Waals surface area contributed by atoms with Gasteiger partial charge in [0, 0.05) is 15.6 Å². The summed E-state index contributed by atoms with van der Waals surface area (Å²) in [5, 5.41) is 8.81. The van der Waals surface area contributed by atoms with Gasteiger partial charge in [-0.2, -0.15) is 0 Å². The Hall–Kier alpha value is -0.330. The van der Waals surface area contributed by atoms with Gasteiger partial charge in [0.25, 0.3) is 0 Å². The van der Waals surface area contributed by atoms with Crippen LogP contribution in [0, 0.1) is 0 Å². The third-order valence-corrected chi connectivity index (χ3v) is 3.19. The summed E-state index contributed by atoms with van der Waals surface area (Å²) in [6.45, 7) is 0. The monoisotopic (exact) mass is 255 g/mol. The number of hydrogen-bond donors (Lipinski definition) is 2. The number of benzene rings is 1. The third-order valence-electron chi connectivity index (χ3n) is 1.54. The molecule has 0 unspecified atom stereocenters. The number of hydrogen-bond acceptors (Lipinski definition) is 3. The van der Waals surface area contributed by atoms with E-state index in [2.05, 4.69) is 0 Å². The quantitative estimate of drug-likeness (QED) is 0.810. The van der Waals surface area contributed by atoms with Gasteiger partial charge in [-0.3, -0.25) is 0 Å². The van der Waals surface area contributed by atoms with Crippen molar-refractivity contribution in [2.75, 3.05) is 0 Å². The Morgan fingerprint density at radius 3 is 2.21 bits per heavy atom. The molecule has 78 valence electrons. The van der Waals surface area contributed by atoms with Crippen molar-refractivity contribution in [1.29, 1.82) is 0 Å². The lowest BCUT2D eigenvalue weighted by Crippen LogP contribution is -2.21. The van der Waals surface area contributed by atoms with Gasteiger partial charge in [0.2, 0.25) is 10.0 Å². The van der Waals surface area contributed by atoms with E-state index in [4.69, 9.17) is 28.4 Å². The minimum Gasteiger partial charge on any atom is -0.302 e. The normalized spacial score (nSPS) is 11.6. The van der Waals surface area contributed by atoms with Crippen molar-refractivity contribution in [2.24, 2.45) is 0 Å². The summed E-state index contributed by atoms with van der Waals surface area (Å²) < 4.78 is 22.0. The van der Waals surface area contributed by atoms with Crippen molar-refractivity contribution in [3.05, 3.63) is 33.8 Å². The van der Waals surface area contributed by atoms with E-state index in [1.165, 1.54) is 17.0 Å². The van der Waals surface area contributed by atoms with E-state index in [9.17, 15) is 8.42 Å². The van der Waals surface area contributed by atoms with Crippen molar-refractivity contribution >= 4 is 33.2 Å². The average molecular weight is 256 g/mol. The Kier molecular flexibility index (Phi) is 3.74. The van der Waals surface area contributed by atoms with E-state index < -0.39 is 15.8 Å². The highest BCUT2D eigenvalue weighted by Crippen LogP contribution is 2.25. The zero-order valence-corrected chi connectivity index (χ0v) is 9.20. The molecule has 0 aliphatic carbocycles. The molecule has 0 amide bonds. The predicted molar refractivity (Wildman–Crippen MR) is 54.0 cm³/mol. The van der Waals surface area contributed by atoms with Crippen LogP contribution < -0.4 is 4.89 Å². The fraction of sp³-hybridized carbons (Fsp3) is 0.143. The van der Waals surface area contributed by atoms with Crippen LogP contribution >= 0.6 is 23.2 Å². The summed E-state index contributed by atoms with van der Waals surface area (Å²) in [5.41, 5.74) is 0.261. The van der Waals surface area contributed by atoms with Gasteiger partial charge >= 0.3 is 0 Å². The van der Waals surface area contributed by atoms with Crippen LogP contribution in [-0.2, 0) is 15.8 Å². The second-order valence-electron chi connectivity index (χ2n) is 2.55. The highest BCUT2D eigenvalue weighted by Gasteiger charge is 2.15. The zero-order chi connectivity index (χ0) is 10.8. The van der Waals surface area contributed by atoms with Crippen LogP contribution in [0.5, 0.6) is 0 Å². The minimum atomic E-state index is -3.78. The molecular weight excluding hydrogens is 249 g/mol. The molecule has 0 saturated heterocycles. The maximum Gasteiger partial charge on any atom is 0.237 e. The first-order valence-electron chi connectivity index (χ1n) is 3.53. The van der Waals surface area contributed by atoms with Crippen LogP contribution in [0.3, 0.4) is 0 Å². The van der Waals surface area contributed by atoms with Crippen LogP contribution in [0.25, 0.3) is 0 Å². The van der Waals surface area contributed by atoms with Gasteiger partial charge in [-0.15, -0.1) is 0 Å². The van der Waals surface area contributed by atoms with Crippen molar-refractivity contribution in [1.82, 2.24) is 4.89 Å². The Labute approximate surface area is 91.5 Å². The molecule has 7 heteroatoms. The van der Waals surface area contributed by atoms with E-state index >= 15 is 0 Å².